The minimum Gasteiger partial charge on any atom is -0.445 e. The van der Waals surface area contributed by atoms with E-state index in [9.17, 15) is 4.79 Å². The number of nitrogens with one attached hydrogen (secondary N) is 1. The quantitative estimate of drug-likeness (QED) is 0.828. The largest absolute Gasteiger partial charge is 0.445 e. The van der Waals surface area contributed by atoms with Gasteiger partial charge in [0.2, 0.25) is 0 Å². The molecule has 4 heteroatoms. The molecule has 0 atom stereocenters. The van der Waals surface area contributed by atoms with Crippen LogP contribution in [0.15, 0.2) is 30.3 Å². The molecule has 21 heavy (non-hydrogen) atoms. The molecule has 1 aliphatic carbocycles. The normalized spacial score (nSPS) is 22.6. The van der Waals surface area contributed by atoms with Gasteiger partial charge < -0.3 is 10.1 Å². The van der Waals surface area contributed by atoms with Gasteiger partial charge in [-0.15, -0.1) is 0 Å². The maximum absolute atomic E-state index is 11.8. The highest BCUT2D eigenvalue weighted by molar-refractivity contribution is 6.77. The standard InChI is InChI=1S/C17H27NO2Si/c1-21(2,3)16-11-9-15(10-12-16)18-17(19)20-13-14-7-5-4-6-8-14/h4-8,15-16H,9-13H2,1-3H3,(H,18,19). The smallest absolute Gasteiger partial charge is 0.407 e. The minimum atomic E-state index is -1.03. The van der Waals surface area contributed by atoms with Crippen molar-refractivity contribution < 1.29 is 9.53 Å². The Morgan fingerprint density at radius 2 is 1.76 bits per heavy atom. The van der Waals surface area contributed by atoms with Crippen molar-refractivity contribution in [2.24, 2.45) is 0 Å². The first-order valence-electron chi connectivity index (χ1n) is 7.92. The topological polar surface area (TPSA) is 38.3 Å². The third-order valence-electron chi connectivity index (χ3n) is 4.49. The van der Waals surface area contributed by atoms with E-state index in [0.29, 0.717) is 12.6 Å². The van der Waals surface area contributed by atoms with E-state index in [2.05, 4.69) is 25.0 Å². The van der Waals surface area contributed by atoms with Crippen molar-refractivity contribution in [1.29, 1.82) is 0 Å². The summed E-state index contributed by atoms with van der Waals surface area (Å²) in [5.74, 6) is 0. The molecule has 1 aromatic carbocycles. The lowest BCUT2D eigenvalue weighted by atomic mass is 9.95. The molecule has 1 N–H and O–H groups in total. The van der Waals surface area contributed by atoms with E-state index < -0.39 is 8.07 Å². The number of amides is 1. The van der Waals surface area contributed by atoms with Crippen molar-refractivity contribution >= 4 is 14.2 Å². The molecule has 0 saturated heterocycles. The monoisotopic (exact) mass is 305 g/mol. The fourth-order valence-electron chi connectivity index (χ4n) is 3.04. The summed E-state index contributed by atoms with van der Waals surface area (Å²) in [5.41, 5.74) is 1.92. The summed E-state index contributed by atoms with van der Waals surface area (Å²) in [6, 6.07) is 10.1. The van der Waals surface area contributed by atoms with Gasteiger partial charge in [-0.1, -0.05) is 62.8 Å². The molecule has 1 aliphatic rings. The van der Waals surface area contributed by atoms with Gasteiger partial charge in [0, 0.05) is 14.1 Å². The number of ether oxygens (including phenoxy) is 1. The van der Waals surface area contributed by atoms with Gasteiger partial charge in [-0.25, -0.2) is 4.79 Å². The number of carbonyl (C=O) groups is 1. The lowest BCUT2D eigenvalue weighted by Gasteiger charge is -2.35. The summed E-state index contributed by atoms with van der Waals surface area (Å²) in [7, 11) is -1.03. The second-order valence-corrected chi connectivity index (χ2v) is 12.7. The zero-order chi connectivity index (χ0) is 15.3. The van der Waals surface area contributed by atoms with Gasteiger partial charge >= 0.3 is 6.09 Å². The van der Waals surface area contributed by atoms with Crippen LogP contribution in [0.1, 0.15) is 31.2 Å². The summed E-state index contributed by atoms with van der Waals surface area (Å²) in [4.78, 5) is 11.8. The van der Waals surface area contributed by atoms with Crippen LogP contribution in [0, 0.1) is 0 Å². The first kappa shape index (κ1) is 16.1. The van der Waals surface area contributed by atoms with Gasteiger partial charge in [0.25, 0.3) is 0 Å². The molecule has 1 saturated carbocycles. The second kappa shape index (κ2) is 7.12. The van der Waals surface area contributed by atoms with Gasteiger partial charge in [-0.2, -0.15) is 0 Å². The number of hydrogen-bond acceptors (Lipinski definition) is 2. The summed E-state index contributed by atoms with van der Waals surface area (Å²) < 4.78 is 5.28. The van der Waals surface area contributed by atoms with E-state index in [0.717, 1.165) is 23.9 Å². The molecule has 1 aromatic rings. The highest BCUT2D eigenvalue weighted by Crippen LogP contribution is 2.36. The highest BCUT2D eigenvalue weighted by Gasteiger charge is 2.31. The lowest BCUT2D eigenvalue weighted by Crippen LogP contribution is -2.40. The van der Waals surface area contributed by atoms with Crippen molar-refractivity contribution in [2.75, 3.05) is 0 Å². The fraction of sp³-hybridized carbons (Fsp3) is 0.588. The molecule has 3 nitrogen and oxygen atoms in total. The highest BCUT2D eigenvalue weighted by atomic mass is 28.3. The van der Waals surface area contributed by atoms with Crippen LogP contribution in [0.3, 0.4) is 0 Å². The van der Waals surface area contributed by atoms with E-state index >= 15 is 0 Å². The molecule has 0 spiro atoms. The van der Waals surface area contributed by atoms with Crippen molar-refractivity contribution in [1.82, 2.24) is 5.32 Å². The van der Waals surface area contributed by atoms with Crippen molar-refractivity contribution in [3.05, 3.63) is 35.9 Å². The molecule has 0 heterocycles. The Bertz CT molecular complexity index is 448. The molecular formula is C17H27NO2Si. The maximum Gasteiger partial charge on any atom is 0.407 e. The average molecular weight is 305 g/mol. The lowest BCUT2D eigenvalue weighted by molar-refractivity contribution is 0.133. The van der Waals surface area contributed by atoms with Crippen molar-refractivity contribution in [3.8, 4) is 0 Å². The molecule has 0 unspecified atom stereocenters. The van der Waals surface area contributed by atoms with Crippen LogP contribution >= 0.6 is 0 Å². The Balaban J connectivity index is 1.70. The van der Waals surface area contributed by atoms with Crippen LogP contribution in [-0.2, 0) is 11.3 Å². The van der Waals surface area contributed by atoms with Crippen molar-refractivity contribution in [2.45, 2.75) is 63.5 Å². The number of rotatable bonds is 4. The van der Waals surface area contributed by atoms with E-state index in [1.807, 2.05) is 30.3 Å². The molecule has 0 radical (unpaired) electrons. The number of benzene rings is 1. The summed E-state index contributed by atoms with van der Waals surface area (Å²) in [6.07, 6.45) is 4.40. The SMILES string of the molecule is C[Si](C)(C)C1CCC(NC(=O)OCc2ccccc2)CC1. The molecule has 1 amide bonds. The summed E-state index contributed by atoms with van der Waals surface area (Å²) in [6.45, 7) is 7.68. The second-order valence-electron chi connectivity index (χ2n) is 7.12. The Morgan fingerprint density at radius 3 is 2.33 bits per heavy atom. The van der Waals surface area contributed by atoms with E-state index in [1.54, 1.807) is 0 Å². The van der Waals surface area contributed by atoms with Gasteiger partial charge in [0.1, 0.15) is 6.61 Å². The molecule has 1 fully saturated rings. The fourth-order valence-corrected chi connectivity index (χ4v) is 5.10. The van der Waals surface area contributed by atoms with Gasteiger partial charge in [-0.3, -0.25) is 0 Å². The molecular weight excluding hydrogens is 278 g/mol. The predicted molar refractivity (Wildman–Crippen MR) is 89.1 cm³/mol. The van der Waals surface area contributed by atoms with E-state index in [-0.39, 0.29) is 6.09 Å². The molecule has 0 aromatic heterocycles. The third-order valence-corrected chi connectivity index (χ3v) is 7.51. The molecule has 2 rings (SSSR count). The van der Waals surface area contributed by atoms with Crippen LogP contribution in [0.4, 0.5) is 4.79 Å². The number of hydrogen-bond donors (Lipinski definition) is 1. The zero-order valence-electron chi connectivity index (χ0n) is 13.4. The van der Waals surface area contributed by atoms with Gasteiger partial charge in [-0.05, 0) is 23.9 Å². The van der Waals surface area contributed by atoms with E-state index in [1.165, 1.54) is 12.8 Å². The third kappa shape index (κ3) is 5.19. The van der Waals surface area contributed by atoms with Crippen LogP contribution in [0.5, 0.6) is 0 Å². The zero-order valence-corrected chi connectivity index (χ0v) is 14.4. The van der Waals surface area contributed by atoms with Gasteiger partial charge in [0.05, 0.1) is 0 Å². The van der Waals surface area contributed by atoms with Crippen LogP contribution in [-0.4, -0.2) is 20.2 Å². The number of carbonyl (C=O) groups excluding carboxylic acids is 1. The average Bonchev–Trinajstić information content (AvgIpc) is 2.46. The Hall–Kier alpha value is -1.29. The summed E-state index contributed by atoms with van der Waals surface area (Å²) >= 11 is 0. The first-order chi connectivity index (χ1) is 9.95. The Labute approximate surface area is 129 Å². The molecule has 0 bridgehead atoms. The molecule has 0 aliphatic heterocycles. The maximum atomic E-state index is 11.8. The molecule has 116 valence electrons. The minimum absolute atomic E-state index is 0.282. The predicted octanol–water partition coefficient (Wildman–Crippen LogP) is 4.56. The van der Waals surface area contributed by atoms with E-state index in [4.69, 9.17) is 4.74 Å². The van der Waals surface area contributed by atoms with Gasteiger partial charge in [0.15, 0.2) is 0 Å². The Kier molecular flexibility index (Phi) is 5.45. The summed E-state index contributed by atoms with van der Waals surface area (Å²) in [5, 5.41) is 3.02. The first-order valence-corrected chi connectivity index (χ1v) is 11.5. The van der Waals surface area contributed by atoms with Crippen LogP contribution in [0.25, 0.3) is 0 Å². The Morgan fingerprint density at radius 1 is 1.14 bits per heavy atom. The van der Waals surface area contributed by atoms with Crippen molar-refractivity contribution in [3.63, 3.8) is 0 Å². The number of alkyl carbamates (subject to hydrolysis) is 1. The van der Waals surface area contributed by atoms with Crippen LogP contribution in [0.2, 0.25) is 25.2 Å². The van der Waals surface area contributed by atoms with Crippen LogP contribution < -0.4 is 5.32 Å².